The van der Waals surface area contributed by atoms with E-state index in [0.29, 0.717) is 0 Å². The van der Waals surface area contributed by atoms with Crippen LogP contribution >= 0.6 is 11.3 Å². The van der Waals surface area contributed by atoms with Crippen LogP contribution in [-0.2, 0) is 10.8 Å². The molecule has 2 aliphatic rings. The molecule has 5 nitrogen and oxygen atoms in total. The van der Waals surface area contributed by atoms with Gasteiger partial charge in [-0.1, -0.05) is 331 Å². The third kappa shape index (κ3) is 11.9. The minimum atomic E-state index is -0.123. The van der Waals surface area contributed by atoms with Crippen LogP contribution < -0.4 is 9.80 Å². The lowest BCUT2D eigenvalue weighted by Crippen LogP contribution is -2.16. The Balaban J connectivity index is 0.000000139. The molecule has 0 atom stereocenters. The van der Waals surface area contributed by atoms with Crippen LogP contribution in [0.15, 0.2) is 441 Å². The number of benzene rings is 20. The van der Waals surface area contributed by atoms with Gasteiger partial charge in [-0.2, -0.15) is 0 Å². The second-order valence-corrected chi connectivity index (χ2v) is 36.4. The maximum Gasteiger partial charge on any atom is 0.143 e. The normalized spacial score (nSPS) is 13.0. The molecule has 604 valence electrons. The summed E-state index contributed by atoms with van der Waals surface area (Å²) >= 11 is 1.88. The van der Waals surface area contributed by atoms with E-state index in [1.165, 1.54) is 175 Å². The Morgan fingerprint density at radius 1 is 0.227 bits per heavy atom. The first-order valence-corrected chi connectivity index (χ1v) is 45.1. The number of rotatable bonds is 12. The Hall–Kier alpha value is -15.9. The minimum Gasteiger partial charge on any atom is -0.455 e. The molecule has 20 aromatic carbocycles. The van der Waals surface area contributed by atoms with E-state index in [1.807, 2.05) is 23.5 Å². The molecule has 2 aliphatic carbocycles. The van der Waals surface area contributed by atoms with Gasteiger partial charge in [0, 0.05) is 114 Å². The Kier molecular flexibility index (Phi) is 17.2. The van der Waals surface area contributed by atoms with E-state index < -0.39 is 0 Å². The molecule has 0 amide bonds. The van der Waals surface area contributed by atoms with Gasteiger partial charge < -0.3 is 23.4 Å². The molecule has 0 unspecified atom stereocenters. The fourth-order valence-corrected chi connectivity index (χ4v) is 22.6. The molecule has 24 aromatic rings. The second kappa shape index (κ2) is 29.4. The fourth-order valence-electron chi connectivity index (χ4n) is 21.3. The highest BCUT2D eigenvalue weighted by Crippen LogP contribution is 2.54. The Bertz CT molecular complexity index is 8120. The van der Waals surface area contributed by atoms with Crippen LogP contribution in [0, 0.1) is 0 Å². The number of thiophene rings is 1. The molecule has 0 fully saturated rings. The van der Waals surface area contributed by atoms with E-state index >= 15 is 0 Å². The van der Waals surface area contributed by atoms with Crippen LogP contribution in [0.1, 0.15) is 49.9 Å². The zero-order chi connectivity index (χ0) is 85.0. The van der Waals surface area contributed by atoms with E-state index in [1.54, 1.807) is 0 Å². The molecule has 0 aliphatic heterocycles. The average Bonchev–Trinajstić information content (AvgIpc) is 1.63. The summed E-state index contributed by atoms with van der Waals surface area (Å²) in [5.41, 5.74) is 35.7. The number of para-hydroxylation sites is 4. The summed E-state index contributed by atoms with van der Waals surface area (Å²) in [6.45, 7) is 9.43. The largest absolute Gasteiger partial charge is 0.455 e. The first kappa shape index (κ1) is 74.7. The first-order valence-electron chi connectivity index (χ1n) is 44.3. The molecule has 4 heterocycles. The molecule has 0 radical (unpaired) electrons. The number of anilines is 6. The van der Waals surface area contributed by atoms with Crippen molar-refractivity contribution < 1.29 is 4.42 Å². The Morgan fingerprint density at radius 2 is 0.578 bits per heavy atom. The Labute approximate surface area is 746 Å². The summed E-state index contributed by atoms with van der Waals surface area (Å²) in [6.07, 6.45) is 0. The van der Waals surface area contributed by atoms with Crippen molar-refractivity contribution in [1.82, 2.24) is 9.13 Å². The number of hydrogen-bond donors (Lipinski definition) is 0. The van der Waals surface area contributed by atoms with Crippen molar-refractivity contribution in [1.29, 1.82) is 0 Å². The Morgan fingerprint density at radius 3 is 1.09 bits per heavy atom. The van der Waals surface area contributed by atoms with Gasteiger partial charge in [-0.05, 0) is 228 Å². The third-order valence-corrected chi connectivity index (χ3v) is 28.8. The van der Waals surface area contributed by atoms with Crippen LogP contribution in [0.25, 0.3) is 185 Å². The van der Waals surface area contributed by atoms with Crippen molar-refractivity contribution in [2.45, 2.75) is 38.5 Å². The van der Waals surface area contributed by atoms with Gasteiger partial charge in [-0.3, -0.25) is 0 Å². The van der Waals surface area contributed by atoms with Crippen molar-refractivity contribution in [2.24, 2.45) is 0 Å². The van der Waals surface area contributed by atoms with Crippen LogP contribution in [0.3, 0.4) is 0 Å². The predicted octanol–water partition coefficient (Wildman–Crippen LogP) is 34.4. The molecule has 128 heavy (non-hydrogen) atoms. The van der Waals surface area contributed by atoms with Crippen molar-refractivity contribution in [3.63, 3.8) is 0 Å². The van der Waals surface area contributed by atoms with E-state index in [9.17, 15) is 0 Å². The van der Waals surface area contributed by atoms with Gasteiger partial charge in [0.15, 0.2) is 0 Å². The first-order chi connectivity index (χ1) is 63.0. The van der Waals surface area contributed by atoms with Gasteiger partial charge in [-0.15, -0.1) is 11.3 Å². The summed E-state index contributed by atoms with van der Waals surface area (Å²) in [4.78, 5) is 4.82. The van der Waals surface area contributed by atoms with Crippen LogP contribution in [-0.4, -0.2) is 9.13 Å². The fraction of sp³-hybridized carbons (Fsp3) is 0.0492. The van der Waals surface area contributed by atoms with Gasteiger partial charge in [0.2, 0.25) is 0 Å². The standard InChI is InChI=1S/C61H42N2O.C61H42N2S/c2*1-61(2)54-21-8-5-16-48(54)49-35-34-45(38-55(49)61)62(44-32-27-41(28-33-44)47-19-12-20-52-51-18-7-10-24-59(51)64-60(47)52)43-30-25-39(26-31-43)42-29-36-58-53(37-42)50-17-6-9-22-57(50)63(58)56-23-11-14-40-13-3-4-15-46(40)56/h2*3-38H,1-2H3. The molecular formula is C122H84N4OS. The zero-order valence-corrected chi connectivity index (χ0v) is 72.0. The maximum absolute atomic E-state index is 6.46. The summed E-state index contributed by atoms with van der Waals surface area (Å²) in [7, 11) is 0. The quantitative estimate of drug-likeness (QED) is 0.122. The number of furan rings is 1. The number of hydrogen-bond acceptors (Lipinski definition) is 4. The minimum absolute atomic E-state index is 0.111. The number of fused-ring (bicyclic) bond motifs is 20. The third-order valence-electron chi connectivity index (χ3n) is 27.6. The van der Waals surface area contributed by atoms with Crippen molar-refractivity contribution >= 4 is 153 Å². The number of aromatic nitrogens is 2. The molecule has 26 rings (SSSR count). The molecule has 4 aromatic heterocycles. The van der Waals surface area contributed by atoms with Gasteiger partial charge in [0.25, 0.3) is 0 Å². The summed E-state index contributed by atoms with van der Waals surface area (Å²) in [5, 5.41) is 14.9. The highest BCUT2D eigenvalue weighted by atomic mass is 32.1. The van der Waals surface area contributed by atoms with Gasteiger partial charge in [0.1, 0.15) is 11.2 Å². The van der Waals surface area contributed by atoms with Gasteiger partial charge in [0.05, 0.1) is 33.4 Å². The van der Waals surface area contributed by atoms with E-state index in [4.69, 9.17) is 4.42 Å². The molecule has 0 spiro atoms. The highest BCUT2D eigenvalue weighted by molar-refractivity contribution is 7.26. The summed E-state index contributed by atoms with van der Waals surface area (Å²) < 4.78 is 14.0. The van der Waals surface area contributed by atoms with E-state index in [-0.39, 0.29) is 10.8 Å². The molecule has 0 saturated heterocycles. The molecular weight excluding hydrogens is 1570 g/mol. The van der Waals surface area contributed by atoms with Crippen LogP contribution in [0.5, 0.6) is 0 Å². The molecule has 0 bridgehead atoms. The van der Waals surface area contributed by atoms with Gasteiger partial charge >= 0.3 is 0 Å². The number of nitrogens with zero attached hydrogens (tertiary/aromatic N) is 4. The molecule has 6 heteroatoms. The lowest BCUT2D eigenvalue weighted by molar-refractivity contribution is 0.660. The smallest absolute Gasteiger partial charge is 0.143 e. The van der Waals surface area contributed by atoms with Gasteiger partial charge in [-0.25, -0.2) is 0 Å². The summed E-state index contributed by atoms with van der Waals surface area (Å²) in [5.74, 6) is 0. The summed E-state index contributed by atoms with van der Waals surface area (Å²) in [6, 6.07) is 160. The average molecular weight is 1650 g/mol. The van der Waals surface area contributed by atoms with Crippen LogP contribution in [0.2, 0.25) is 0 Å². The molecule has 0 N–H and O–H groups in total. The second-order valence-electron chi connectivity index (χ2n) is 35.4. The lowest BCUT2D eigenvalue weighted by Gasteiger charge is -2.28. The van der Waals surface area contributed by atoms with Crippen molar-refractivity contribution in [3.05, 3.63) is 459 Å². The van der Waals surface area contributed by atoms with E-state index in [0.717, 1.165) is 67.2 Å². The SMILES string of the molecule is CC1(C)c2ccccc2-c2ccc(N(c3ccc(-c4ccc5c(c4)c4ccccc4n5-c4cccc5ccccc45)cc3)c3ccc(-c4cccc5c4oc4ccccc45)cc3)cc21.CC1(C)c2ccccc2-c2ccc(N(c3ccc(-c4ccc5c(c4)c4ccccc4n5-c4cccc5ccccc45)cc3)c3ccc(-c4cccc5c4sc4ccccc45)cc3)cc21. The lowest BCUT2D eigenvalue weighted by atomic mass is 9.82. The maximum atomic E-state index is 6.46. The van der Waals surface area contributed by atoms with Crippen molar-refractivity contribution in [2.75, 3.05) is 9.80 Å². The topological polar surface area (TPSA) is 29.5 Å². The molecule has 0 saturated carbocycles. The monoisotopic (exact) mass is 1650 g/mol. The highest BCUT2D eigenvalue weighted by Gasteiger charge is 2.38. The van der Waals surface area contributed by atoms with E-state index in [2.05, 4.69) is 471 Å². The van der Waals surface area contributed by atoms with Crippen molar-refractivity contribution in [3.8, 4) is 78.1 Å². The van der Waals surface area contributed by atoms with Crippen LogP contribution in [0.4, 0.5) is 34.1 Å². The predicted molar refractivity (Wildman–Crippen MR) is 543 cm³/mol. The zero-order valence-electron chi connectivity index (χ0n) is 71.2.